The first-order valence-corrected chi connectivity index (χ1v) is 4.60. The van der Waals surface area contributed by atoms with E-state index < -0.39 is 4.92 Å². The predicted octanol–water partition coefficient (Wildman–Crippen LogP) is 1.90. The Balaban J connectivity index is 0.00000144. The van der Waals surface area contributed by atoms with Crippen molar-refractivity contribution in [2.75, 3.05) is 0 Å². The zero-order chi connectivity index (χ0) is 11.5. The number of nitro benzene ring substituents is 1. The van der Waals surface area contributed by atoms with E-state index in [1.165, 1.54) is 18.3 Å². The fourth-order valence-corrected chi connectivity index (χ4v) is 1.33. The van der Waals surface area contributed by atoms with E-state index >= 15 is 0 Å². The number of H-pyrrole nitrogens is 1. The van der Waals surface area contributed by atoms with Crippen LogP contribution in [0.3, 0.4) is 0 Å². The van der Waals surface area contributed by atoms with Crippen LogP contribution in [0.2, 0.25) is 0 Å². The number of aliphatic hydroxyl groups is 1. The molecule has 0 aliphatic heterocycles. The number of hydrogen-bond donors (Lipinski definition) is 2. The van der Waals surface area contributed by atoms with Crippen LogP contribution in [0, 0.1) is 10.1 Å². The van der Waals surface area contributed by atoms with Gasteiger partial charge in [0.05, 0.1) is 23.4 Å². The number of aromatic amines is 1. The van der Waals surface area contributed by atoms with Gasteiger partial charge in [0.25, 0.3) is 5.69 Å². The quantitative estimate of drug-likeness (QED) is 0.647. The molecule has 17 heavy (non-hydrogen) atoms. The van der Waals surface area contributed by atoms with E-state index in [-0.39, 0.29) is 24.7 Å². The van der Waals surface area contributed by atoms with Gasteiger partial charge >= 0.3 is 0 Å². The van der Waals surface area contributed by atoms with Gasteiger partial charge in [-0.3, -0.25) is 10.1 Å². The standard InChI is InChI=1S/C10H9N3O3.ClH/c14-6-8-5-11-10(12-8)7-1-3-9(4-2-7)13(15)16;/h1-5,14H,6H2,(H,11,12);1H. The normalized spacial score (nSPS) is 9.71. The number of nitro groups is 1. The average Bonchev–Trinajstić information content (AvgIpc) is 2.77. The molecule has 7 heteroatoms. The maximum Gasteiger partial charge on any atom is 0.269 e. The van der Waals surface area contributed by atoms with E-state index in [0.29, 0.717) is 11.5 Å². The van der Waals surface area contributed by atoms with Gasteiger partial charge in [-0.15, -0.1) is 12.4 Å². The molecule has 2 N–H and O–H groups in total. The van der Waals surface area contributed by atoms with Gasteiger partial charge in [0.2, 0.25) is 0 Å². The number of hydrogen-bond acceptors (Lipinski definition) is 4. The molecule has 2 rings (SSSR count). The molecule has 0 saturated heterocycles. The number of halogens is 1. The third-order valence-electron chi connectivity index (χ3n) is 2.15. The van der Waals surface area contributed by atoms with Gasteiger partial charge in [0.1, 0.15) is 5.82 Å². The molecular weight excluding hydrogens is 246 g/mol. The summed E-state index contributed by atoms with van der Waals surface area (Å²) in [6.07, 6.45) is 1.52. The SMILES string of the molecule is Cl.O=[N+]([O-])c1ccc(-c2ncc(CO)[nH]2)cc1. The molecule has 1 aromatic heterocycles. The van der Waals surface area contributed by atoms with Crippen molar-refractivity contribution < 1.29 is 10.0 Å². The number of rotatable bonds is 3. The van der Waals surface area contributed by atoms with E-state index in [4.69, 9.17) is 5.11 Å². The summed E-state index contributed by atoms with van der Waals surface area (Å²) >= 11 is 0. The molecule has 90 valence electrons. The second kappa shape index (κ2) is 5.42. The van der Waals surface area contributed by atoms with Crippen molar-refractivity contribution in [1.29, 1.82) is 0 Å². The Morgan fingerprint density at radius 1 is 1.35 bits per heavy atom. The summed E-state index contributed by atoms with van der Waals surface area (Å²) in [5.41, 5.74) is 1.39. The number of aliphatic hydroxyl groups excluding tert-OH is 1. The molecule has 6 nitrogen and oxygen atoms in total. The minimum Gasteiger partial charge on any atom is -0.390 e. The summed E-state index contributed by atoms with van der Waals surface area (Å²) in [6.45, 7) is -0.111. The first-order chi connectivity index (χ1) is 7.70. The molecule has 1 heterocycles. The zero-order valence-corrected chi connectivity index (χ0v) is 9.48. The van der Waals surface area contributed by atoms with Gasteiger partial charge in [0.15, 0.2) is 0 Å². The van der Waals surface area contributed by atoms with Crippen LogP contribution in [0.25, 0.3) is 11.4 Å². The zero-order valence-electron chi connectivity index (χ0n) is 8.66. The van der Waals surface area contributed by atoms with Crippen molar-refractivity contribution in [3.05, 3.63) is 46.3 Å². The molecule has 0 atom stereocenters. The highest BCUT2D eigenvalue weighted by molar-refractivity contribution is 5.85. The molecule has 0 spiro atoms. The summed E-state index contributed by atoms with van der Waals surface area (Å²) in [7, 11) is 0. The number of nitrogens with one attached hydrogen (secondary N) is 1. The van der Waals surface area contributed by atoms with Crippen molar-refractivity contribution >= 4 is 18.1 Å². The summed E-state index contributed by atoms with van der Waals surface area (Å²) in [6, 6.07) is 6.04. The lowest BCUT2D eigenvalue weighted by Gasteiger charge is -1.96. The third kappa shape index (κ3) is 2.80. The number of aromatic nitrogens is 2. The first-order valence-electron chi connectivity index (χ1n) is 4.60. The van der Waals surface area contributed by atoms with Crippen LogP contribution in [-0.4, -0.2) is 20.0 Å². The molecule has 0 fully saturated rings. The molecule has 0 radical (unpaired) electrons. The largest absolute Gasteiger partial charge is 0.390 e. The predicted molar refractivity (Wildman–Crippen MR) is 63.8 cm³/mol. The maximum atomic E-state index is 10.4. The Hall–Kier alpha value is -1.92. The molecule has 0 aliphatic rings. The van der Waals surface area contributed by atoms with E-state index in [0.717, 1.165) is 5.56 Å². The van der Waals surface area contributed by atoms with Crippen molar-refractivity contribution in [2.45, 2.75) is 6.61 Å². The molecule has 0 aliphatic carbocycles. The number of benzene rings is 1. The average molecular weight is 256 g/mol. The van der Waals surface area contributed by atoms with Gasteiger partial charge in [-0.2, -0.15) is 0 Å². The Morgan fingerprint density at radius 3 is 2.47 bits per heavy atom. The van der Waals surface area contributed by atoms with E-state index in [1.54, 1.807) is 12.1 Å². The van der Waals surface area contributed by atoms with Gasteiger partial charge in [-0.25, -0.2) is 4.98 Å². The van der Waals surface area contributed by atoms with Crippen LogP contribution in [-0.2, 0) is 6.61 Å². The van der Waals surface area contributed by atoms with Crippen LogP contribution in [0.5, 0.6) is 0 Å². The van der Waals surface area contributed by atoms with E-state index in [9.17, 15) is 10.1 Å². The minimum atomic E-state index is -0.453. The summed E-state index contributed by atoms with van der Waals surface area (Å²) in [5.74, 6) is 0.582. The molecule has 0 saturated carbocycles. The molecule has 0 amide bonds. The smallest absolute Gasteiger partial charge is 0.269 e. The minimum absolute atomic E-state index is 0. The van der Waals surface area contributed by atoms with Crippen LogP contribution in [0.15, 0.2) is 30.5 Å². The van der Waals surface area contributed by atoms with E-state index in [2.05, 4.69) is 9.97 Å². The number of non-ortho nitro benzene ring substituents is 1. The van der Waals surface area contributed by atoms with Crippen LogP contribution in [0.4, 0.5) is 5.69 Å². The lowest BCUT2D eigenvalue weighted by atomic mass is 10.2. The van der Waals surface area contributed by atoms with E-state index in [1.807, 2.05) is 0 Å². The topological polar surface area (TPSA) is 92.1 Å². The fourth-order valence-electron chi connectivity index (χ4n) is 1.33. The third-order valence-corrected chi connectivity index (χ3v) is 2.15. The van der Waals surface area contributed by atoms with Gasteiger partial charge < -0.3 is 10.1 Å². The molecule has 0 unspecified atom stereocenters. The molecule has 1 aromatic carbocycles. The highest BCUT2D eigenvalue weighted by Crippen LogP contribution is 2.19. The highest BCUT2D eigenvalue weighted by Gasteiger charge is 2.07. The molecule has 0 bridgehead atoms. The summed E-state index contributed by atoms with van der Waals surface area (Å²) in [5, 5.41) is 19.3. The van der Waals surface area contributed by atoms with Gasteiger partial charge in [-0.1, -0.05) is 0 Å². The van der Waals surface area contributed by atoms with Crippen LogP contribution in [0.1, 0.15) is 5.69 Å². The number of imidazole rings is 1. The lowest BCUT2D eigenvalue weighted by molar-refractivity contribution is -0.384. The molecule has 2 aromatic rings. The Labute approximate surface area is 103 Å². The monoisotopic (exact) mass is 255 g/mol. The Kier molecular flexibility index (Phi) is 4.19. The van der Waals surface area contributed by atoms with Crippen molar-refractivity contribution in [1.82, 2.24) is 9.97 Å². The molecular formula is C10H10ClN3O3. The summed E-state index contributed by atoms with van der Waals surface area (Å²) in [4.78, 5) is 16.9. The van der Waals surface area contributed by atoms with Gasteiger partial charge in [0, 0.05) is 17.7 Å². The van der Waals surface area contributed by atoms with Gasteiger partial charge in [-0.05, 0) is 12.1 Å². The second-order valence-corrected chi connectivity index (χ2v) is 3.22. The first kappa shape index (κ1) is 13.1. The van der Waals surface area contributed by atoms with Crippen LogP contribution >= 0.6 is 12.4 Å². The number of nitrogens with zero attached hydrogens (tertiary/aromatic N) is 2. The Morgan fingerprint density at radius 2 is 2.00 bits per heavy atom. The fraction of sp³-hybridized carbons (Fsp3) is 0.100. The maximum absolute atomic E-state index is 10.4. The Bertz CT molecular complexity index is 510. The second-order valence-electron chi connectivity index (χ2n) is 3.22. The highest BCUT2D eigenvalue weighted by atomic mass is 35.5. The van der Waals surface area contributed by atoms with Crippen molar-refractivity contribution in [3.8, 4) is 11.4 Å². The van der Waals surface area contributed by atoms with Crippen molar-refractivity contribution in [2.24, 2.45) is 0 Å². The summed E-state index contributed by atoms with van der Waals surface area (Å²) < 4.78 is 0. The van der Waals surface area contributed by atoms with Crippen LogP contribution < -0.4 is 0 Å². The lowest BCUT2D eigenvalue weighted by Crippen LogP contribution is -1.88. The van der Waals surface area contributed by atoms with Crippen molar-refractivity contribution in [3.63, 3.8) is 0 Å².